The number of aryl methyl sites for hydroxylation is 4. The molecule has 2 aliphatic heterocycles. The van der Waals surface area contributed by atoms with Crippen molar-refractivity contribution in [3.8, 4) is 45.5 Å². The van der Waals surface area contributed by atoms with E-state index in [1.807, 2.05) is 0 Å². The summed E-state index contributed by atoms with van der Waals surface area (Å²) in [6, 6.07) is 35.6. The molecule has 0 aliphatic carbocycles. The summed E-state index contributed by atoms with van der Waals surface area (Å²) in [7, 11) is 0. The predicted octanol–water partition coefficient (Wildman–Crippen LogP) is 11.0. The summed E-state index contributed by atoms with van der Waals surface area (Å²) in [6.45, 7) is 8.51. The van der Waals surface area contributed by atoms with Crippen molar-refractivity contribution in [3.63, 3.8) is 0 Å². The number of fused-ring (bicyclic) bond motifs is 10. The molecule has 2 aliphatic rings. The van der Waals surface area contributed by atoms with Gasteiger partial charge in [0.1, 0.15) is 0 Å². The highest BCUT2D eigenvalue weighted by atomic mass is 16.5. The lowest BCUT2D eigenvalue weighted by molar-refractivity contribution is 0.475. The van der Waals surface area contributed by atoms with E-state index in [9.17, 15) is 0 Å². The van der Waals surface area contributed by atoms with Crippen LogP contribution in [-0.4, -0.2) is 9.13 Å². The van der Waals surface area contributed by atoms with Crippen LogP contribution in [0.2, 0.25) is 0 Å². The van der Waals surface area contributed by atoms with Crippen LogP contribution < -0.4 is 9.47 Å². The van der Waals surface area contributed by atoms with Crippen LogP contribution in [0.15, 0.2) is 97.1 Å². The molecule has 4 heteroatoms. The molecule has 210 valence electrons. The lowest BCUT2D eigenvalue weighted by Gasteiger charge is -2.21. The Kier molecular flexibility index (Phi) is 4.43. The number of hydrogen-bond acceptors (Lipinski definition) is 2. The molecule has 0 radical (unpaired) electrons. The fourth-order valence-corrected chi connectivity index (χ4v) is 7.53. The highest BCUT2D eigenvalue weighted by molar-refractivity contribution is 6.15. The summed E-state index contributed by atoms with van der Waals surface area (Å²) in [5, 5.41) is 4.90. The van der Waals surface area contributed by atoms with E-state index in [1.54, 1.807) is 0 Å². The molecular formula is C40H28N2O2. The summed E-state index contributed by atoms with van der Waals surface area (Å²) in [6.07, 6.45) is 0. The second-order valence-corrected chi connectivity index (χ2v) is 12.6. The number of nitrogens with zero attached hydrogens (tertiary/aromatic N) is 2. The first-order valence-corrected chi connectivity index (χ1v) is 15.2. The Morgan fingerprint density at radius 3 is 1.27 bits per heavy atom. The van der Waals surface area contributed by atoms with Gasteiger partial charge >= 0.3 is 0 Å². The van der Waals surface area contributed by atoms with Crippen molar-refractivity contribution in [1.82, 2.24) is 9.13 Å². The van der Waals surface area contributed by atoms with Gasteiger partial charge in [-0.05, 0) is 134 Å². The molecule has 4 nitrogen and oxygen atoms in total. The molecule has 0 amide bonds. The summed E-state index contributed by atoms with van der Waals surface area (Å²) in [5.41, 5.74) is 14.0. The Morgan fingerprint density at radius 2 is 0.818 bits per heavy atom. The van der Waals surface area contributed by atoms with Crippen LogP contribution in [0.25, 0.3) is 66.1 Å². The van der Waals surface area contributed by atoms with Crippen molar-refractivity contribution in [1.29, 1.82) is 0 Å². The largest absolute Gasteiger partial charge is 0.453 e. The standard InChI is InChI=1S/C40H28N2O2/c1-21-5-9-33-35(15-21)43-37-17-23(3)13-29-27-19-25(7-11-31(27)41(33)39(29)37)26-8-12-32-28(20-26)30-14-24(4)18-38-40(30)42(32)34-10-6-22(2)16-36(34)44-38/h5-20H,1-4H3. The molecule has 0 unspecified atom stereocenters. The zero-order chi connectivity index (χ0) is 29.4. The average Bonchev–Trinajstić information content (AvgIpc) is 3.50. The number of benzene rings is 6. The third kappa shape index (κ3) is 3.07. The maximum Gasteiger partial charge on any atom is 0.152 e. The van der Waals surface area contributed by atoms with Crippen molar-refractivity contribution in [2.75, 3.05) is 0 Å². The molecule has 0 N–H and O–H groups in total. The summed E-state index contributed by atoms with van der Waals surface area (Å²) < 4.78 is 17.7. The molecule has 4 heterocycles. The molecule has 0 spiro atoms. The Morgan fingerprint density at radius 1 is 0.386 bits per heavy atom. The van der Waals surface area contributed by atoms with Crippen LogP contribution in [0.4, 0.5) is 0 Å². The van der Waals surface area contributed by atoms with Gasteiger partial charge in [0.25, 0.3) is 0 Å². The fourth-order valence-electron chi connectivity index (χ4n) is 7.53. The van der Waals surface area contributed by atoms with Gasteiger partial charge in [0, 0.05) is 21.5 Å². The second kappa shape index (κ2) is 8.12. The van der Waals surface area contributed by atoms with Crippen LogP contribution in [-0.2, 0) is 0 Å². The Bertz CT molecular complexity index is 2420. The first-order chi connectivity index (χ1) is 21.4. The van der Waals surface area contributed by atoms with Gasteiger partial charge in [-0.15, -0.1) is 0 Å². The van der Waals surface area contributed by atoms with E-state index in [1.165, 1.54) is 66.0 Å². The summed E-state index contributed by atoms with van der Waals surface area (Å²) in [5.74, 6) is 3.64. The van der Waals surface area contributed by atoms with E-state index in [0.717, 1.165) is 45.4 Å². The average molecular weight is 569 g/mol. The molecule has 44 heavy (non-hydrogen) atoms. The third-order valence-corrected chi connectivity index (χ3v) is 9.43. The predicted molar refractivity (Wildman–Crippen MR) is 180 cm³/mol. The SMILES string of the molecule is Cc1ccc2c(c1)Oc1cc(C)cc3c4cc(-c5ccc6c(c5)c5cc(C)cc7c5n6-c5ccc(C)cc5O7)ccc4n-2c13. The lowest BCUT2D eigenvalue weighted by atomic mass is 10.00. The topological polar surface area (TPSA) is 28.3 Å². The van der Waals surface area contributed by atoms with Crippen molar-refractivity contribution >= 4 is 43.6 Å². The zero-order valence-corrected chi connectivity index (χ0v) is 24.9. The highest BCUT2D eigenvalue weighted by Crippen LogP contribution is 2.49. The van der Waals surface area contributed by atoms with Crippen molar-refractivity contribution in [3.05, 3.63) is 119 Å². The smallest absolute Gasteiger partial charge is 0.152 e. The minimum atomic E-state index is 0.903. The minimum Gasteiger partial charge on any atom is -0.453 e. The lowest BCUT2D eigenvalue weighted by Crippen LogP contribution is -2.04. The number of aromatic nitrogens is 2. The van der Waals surface area contributed by atoms with E-state index in [2.05, 4.69) is 134 Å². The molecular weight excluding hydrogens is 540 g/mol. The maximum atomic E-state index is 6.48. The van der Waals surface area contributed by atoms with Crippen LogP contribution in [0.1, 0.15) is 22.3 Å². The van der Waals surface area contributed by atoms with Gasteiger partial charge in [-0.2, -0.15) is 0 Å². The molecule has 0 fully saturated rings. The van der Waals surface area contributed by atoms with Gasteiger partial charge in [-0.1, -0.05) is 24.3 Å². The van der Waals surface area contributed by atoms with E-state index >= 15 is 0 Å². The molecule has 0 saturated carbocycles. The molecule has 0 atom stereocenters. The number of rotatable bonds is 1. The summed E-state index contributed by atoms with van der Waals surface area (Å²) >= 11 is 0. The number of ether oxygens (including phenoxy) is 2. The van der Waals surface area contributed by atoms with Crippen molar-refractivity contribution < 1.29 is 9.47 Å². The first kappa shape index (κ1) is 24.0. The zero-order valence-electron chi connectivity index (χ0n) is 24.9. The van der Waals surface area contributed by atoms with Crippen LogP contribution >= 0.6 is 0 Å². The van der Waals surface area contributed by atoms with Gasteiger partial charge < -0.3 is 18.6 Å². The van der Waals surface area contributed by atoms with Gasteiger partial charge in [-0.25, -0.2) is 0 Å². The van der Waals surface area contributed by atoms with Gasteiger partial charge in [-0.3, -0.25) is 0 Å². The van der Waals surface area contributed by atoms with Crippen molar-refractivity contribution in [2.24, 2.45) is 0 Å². The molecule has 0 bridgehead atoms. The van der Waals surface area contributed by atoms with Crippen LogP contribution in [0, 0.1) is 27.7 Å². The van der Waals surface area contributed by atoms with E-state index in [0.29, 0.717) is 0 Å². The van der Waals surface area contributed by atoms with Crippen LogP contribution in [0.5, 0.6) is 23.0 Å². The monoisotopic (exact) mass is 568 g/mol. The fraction of sp³-hybridized carbons (Fsp3) is 0.100. The maximum absolute atomic E-state index is 6.48. The normalized spacial score (nSPS) is 12.9. The Labute approximate surface area is 254 Å². The van der Waals surface area contributed by atoms with E-state index in [-0.39, 0.29) is 0 Å². The molecule has 10 rings (SSSR count). The quantitative estimate of drug-likeness (QED) is 0.197. The third-order valence-electron chi connectivity index (χ3n) is 9.43. The summed E-state index contributed by atoms with van der Waals surface area (Å²) in [4.78, 5) is 0. The van der Waals surface area contributed by atoms with Crippen LogP contribution in [0.3, 0.4) is 0 Å². The minimum absolute atomic E-state index is 0.903. The Hall–Kier alpha value is -5.48. The van der Waals surface area contributed by atoms with Gasteiger partial charge in [0.15, 0.2) is 23.0 Å². The van der Waals surface area contributed by atoms with Gasteiger partial charge in [0.2, 0.25) is 0 Å². The van der Waals surface area contributed by atoms with Gasteiger partial charge in [0.05, 0.1) is 33.4 Å². The highest BCUT2D eigenvalue weighted by Gasteiger charge is 2.26. The second-order valence-electron chi connectivity index (χ2n) is 12.6. The van der Waals surface area contributed by atoms with Crippen molar-refractivity contribution in [2.45, 2.75) is 27.7 Å². The van der Waals surface area contributed by atoms with E-state index < -0.39 is 0 Å². The molecule has 8 aromatic rings. The number of hydrogen-bond donors (Lipinski definition) is 0. The first-order valence-electron chi connectivity index (χ1n) is 15.2. The Balaban J connectivity index is 1.23. The molecule has 2 aromatic heterocycles. The van der Waals surface area contributed by atoms with E-state index in [4.69, 9.17) is 9.47 Å². The molecule has 6 aromatic carbocycles. The molecule has 0 saturated heterocycles.